The molecule has 1 N–H and O–H groups in total. The fourth-order valence-electron chi connectivity index (χ4n) is 1.02. The molecule has 0 aliphatic rings. The summed E-state index contributed by atoms with van der Waals surface area (Å²) < 4.78 is 16.6. The quantitative estimate of drug-likeness (QED) is 0.597. The highest BCUT2D eigenvalue weighted by atomic mass is 19.1. The molecule has 0 aromatic heterocycles. The third-order valence-corrected chi connectivity index (χ3v) is 1.71. The van der Waals surface area contributed by atoms with E-state index >= 15 is 0 Å². The predicted octanol–water partition coefficient (Wildman–Crippen LogP) is 1.86. The third-order valence-electron chi connectivity index (χ3n) is 1.71. The van der Waals surface area contributed by atoms with E-state index in [0.29, 0.717) is 18.9 Å². The molecule has 0 saturated carbocycles. The van der Waals surface area contributed by atoms with Crippen LogP contribution in [0.3, 0.4) is 0 Å². The van der Waals surface area contributed by atoms with Gasteiger partial charge in [0, 0.05) is 13.0 Å². The van der Waals surface area contributed by atoms with E-state index in [1.54, 1.807) is 0 Å². The van der Waals surface area contributed by atoms with Crippen molar-refractivity contribution in [2.75, 3.05) is 19.9 Å². The predicted molar refractivity (Wildman–Crippen MR) is 47.4 cm³/mol. The summed E-state index contributed by atoms with van der Waals surface area (Å²) in [7, 11) is 0. The molecule has 0 heterocycles. The Morgan fingerprint density at radius 1 is 1.62 bits per heavy atom. The van der Waals surface area contributed by atoms with Gasteiger partial charge in [-0.1, -0.05) is 6.92 Å². The lowest BCUT2D eigenvalue weighted by Crippen LogP contribution is -2.08. The Balaban J connectivity index is 3.19. The van der Waals surface area contributed by atoms with Crippen LogP contribution in [0.15, 0.2) is 0 Å². The maximum Gasteiger partial charge on any atom is 0.303 e. The summed E-state index contributed by atoms with van der Waals surface area (Å²) in [6, 6.07) is 0. The lowest BCUT2D eigenvalue weighted by Gasteiger charge is -2.09. The number of hydrogen-bond acceptors (Lipinski definition) is 2. The van der Waals surface area contributed by atoms with E-state index in [2.05, 4.69) is 0 Å². The molecule has 0 aliphatic heterocycles. The van der Waals surface area contributed by atoms with Crippen LogP contribution < -0.4 is 0 Å². The minimum Gasteiger partial charge on any atom is -0.481 e. The zero-order chi connectivity index (χ0) is 10.1. The smallest absolute Gasteiger partial charge is 0.303 e. The molecular formula is C9H17FO3. The van der Waals surface area contributed by atoms with Crippen LogP contribution in [0, 0.1) is 5.92 Å². The Labute approximate surface area is 77.9 Å². The maximum atomic E-state index is 11.6. The molecule has 0 aliphatic carbocycles. The van der Waals surface area contributed by atoms with Crippen molar-refractivity contribution in [3.8, 4) is 0 Å². The van der Waals surface area contributed by atoms with Crippen LogP contribution in [0.2, 0.25) is 0 Å². The van der Waals surface area contributed by atoms with Crippen molar-refractivity contribution in [3.63, 3.8) is 0 Å². The van der Waals surface area contributed by atoms with Gasteiger partial charge in [-0.2, -0.15) is 0 Å². The maximum absolute atomic E-state index is 11.6. The highest BCUT2D eigenvalue weighted by molar-refractivity contribution is 5.66. The molecule has 0 saturated heterocycles. The lowest BCUT2D eigenvalue weighted by molar-refractivity contribution is -0.137. The van der Waals surface area contributed by atoms with Gasteiger partial charge in [0.15, 0.2) is 0 Å². The summed E-state index contributed by atoms with van der Waals surface area (Å²) in [5, 5.41) is 8.36. The molecule has 3 nitrogen and oxygen atoms in total. The largest absolute Gasteiger partial charge is 0.481 e. The van der Waals surface area contributed by atoms with Gasteiger partial charge in [0.05, 0.1) is 6.61 Å². The normalized spacial score (nSPS) is 12.8. The van der Waals surface area contributed by atoms with Gasteiger partial charge in [0.2, 0.25) is 0 Å². The van der Waals surface area contributed by atoms with Crippen LogP contribution in [0.4, 0.5) is 4.39 Å². The molecule has 4 heteroatoms. The van der Waals surface area contributed by atoms with Crippen LogP contribution in [-0.2, 0) is 9.53 Å². The van der Waals surface area contributed by atoms with E-state index in [9.17, 15) is 9.18 Å². The summed E-state index contributed by atoms with van der Waals surface area (Å²) >= 11 is 0. The van der Waals surface area contributed by atoms with E-state index < -0.39 is 12.6 Å². The van der Waals surface area contributed by atoms with Gasteiger partial charge in [-0.05, 0) is 18.8 Å². The fourth-order valence-corrected chi connectivity index (χ4v) is 1.02. The van der Waals surface area contributed by atoms with Gasteiger partial charge in [0.1, 0.15) is 6.67 Å². The molecule has 0 fully saturated rings. The number of halogens is 1. The highest BCUT2D eigenvalue weighted by Crippen LogP contribution is 2.07. The standard InChI is InChI=1S/C9H17FO3/c1-8(7-13-6-5-10)3-2-4-9(11)12/h8H,2-7H2,1H3,(H,11,12). The van der Waals surface area contributed by atoms with E-state index in [1.165, 1.54) is 0 Å². The summed E-state index contributed by atoms with van der Waals surface area (Å²) in [4.78, 5) is 10.2. The highest BCUT2D eigenvalue weighted by Gasteiger charge is 2.03. The van der Waals surface area contributed by atoms with Crippen molar-refractivity contribution < 1.29 is 19.0 Å². The SMILES string of the molecule is CC(CCCC(=O)O)COCCF. The Morgan fingerprint density at radius 2 is 2.31 bits per heavy atom. The molecular weight excluding hydrogens is 175 g/mol. The van der Waals surface area contributed by atoms with Crippen LogP contribution in [0.5, 0.6) is 0 Å². The van der Waals surface area contributed by atoms with Crippen molar-refractivity contribution in [2.24, 2.45) is 5.92 Å². The molecule has 78 valence electrons. The molecule has 1 unspecified atom stereocenters. The lowest BCUT2D eigenvalue weighted by atomic mass is 10.1. The van der Waals surface area contributed by atoms with Crippen LogP contribution in [0.1, 0.15) is 26.2 Å². The summed E-state index contributed by atoms with van der Waals surface area (Å²) in [6.45, 7) is 2.18. The summed E-state index contributed by atoms with van der Waals surface area (Å²) in [5.41, 5.74) is 0. The zero-order valence-corrected chi connectivity index (χ0v) is 7.96. The van der Waals surface area contributed by atoms with Gasteiger partial charge >= 0.3 is 5.97 Å². The average molecular weight is 192 g/mol. The first-order chi connectivity index (χ1) is 6.16. The first-order valence-corrected chi connectivity index (χ1v) is 4.52. The van der Waals surface area contributed by atoms with E-state index in [1.807, 2.05) is 6.92 Å². The molecule has 0 rings (SSSR count). The van der Waals surface area contributed by atoms with Crippen molar-refractivity contribution in [2.45, 2.75) is 26.2 Å². The van der Waals surface area contributed by atoms with E-state index in [4.69, 9.17) is 9.84 Å². The van der Waals surface area contributed by atoms with Crippen molar-refractivity contribution >= 4 is 5.97 Å². The van der Waals surface area contributed by atoms with Gasteiger partial charge in [-0.25, -0.2) is 4.39 Å². The average Bonchev–Trinajstić information content (AvgIpc) is 2.04. The van der Waals surface area contributed by atoms with E-state index in [0.717, 1.165) is 6.42 Å². The van der Waals surface area contributed by atoms with Crippen molar-refractivity contribution in [3.05, 3.63) is 0 Å². The van der Waals surface area contributed by atoms with Crippen LogP contribution in [0.25, 0.3) is 0 Å². The number of ether oxygens (including phenoxy) is 1. The van der Waals surface area contributed by atoms with E-state index in [-0.39, 0.29) is 13.0 Å². The number of hydrogen-bond donors (Lipinski definition) is 1. The fraction of sp³-hybridized carbons (Fsp3) is 0.889. The van der Waals surface area contributed by atoms with Crippen LogP contribution >= 0.6 is 0 Å². The van der Waals surface area contributed by atoms with Crippen molar-refractivity contribution in [1.82, 2.24) is 0 Å². The molecule has 13 heavy (non-hydrogen) atoms. The minimum atomic E-state index is -0.767. The van der Waals surface area contributed by atoms with Gasteiger partial charge < -0.3 is 9.84 Å². The number of carboxylic acids is 1. The molecule has 0 aromatic rings. The Morgan fingerprint density at radius 3 is 2.85 bits per heavy atom. The second-order valence-corrected chi connectivity index (χ2v) is 3.16. The number of alkyl halides is 1. The first-order valence-electron chi connectivity index (χ1n) is 4.52. The monoisotopic (exact) mass is 192 g/mol. The molecule has 1 atom stereocenters. The number of carbonyl (C=O) groups is 1. The topological polar surface area (TPSA) is 46.5 Å². The minimum absolute atomic E-state index is 0.142. The Kier molecular flexibility index (Phi) is 7.59. The molecule has 0 aromatic carbocycles. The first kappa shape index (κ1) is 12.4. The van der Waals surface area contributed by atoms with Gasteiger partial charge in [-0.3, -0.25) is 4.79 Å². The van der Waals surface area contributed by atoms with Crippen molar-refractivity contribution in [1.29, 1.82) is 0 Å². The van der Waals surface area contributed by atoms with Gasteiger partial charge in [0.25, 0.3) is 0 Å². The second kappa shape index (κ2) is 7.98. The molecule has 0 spiro atoms. The van der Waals surface area contributed by atoms with Gasteiger partial charge in [-0.15, -0.1) is 0 Å². The summed E-state index contributed by atoms with van der Waals surface area (Å²) in [6.07, 6.45) is 1.68. The molecule has 0 bridgehead atoms. The third kappa shape index (κ3) is 9.27. The Hall–Kier alpha value is -0.640. The zero-order valence-electron chi connectivity index (χ0n) is 7.96. The number of carboxylic acid groups (broad SMARTS) is 1. The molecule has 0 radical (unpaired) electrons. The summed E-state index contributed by atoms with van der Waals surface area (Å²) in [5.74, 6) is -0.456. The number of aliphatic carboxylic acids is 1. The Bertz CT molecular complexity index is 139. The number of rotatable bonds is 8. The second-order valence-electron chi connectivity index (χ2n) is 3.16. The molecule has 0 amide bonds. The van der Waals surface area contributed by atoms with Crippen LogP contribution in [-0.4, -0.2) is 31.0 Å².